The van der Waals surface area contributed by atoms with Crippen LogP contribution in [0.1, 0.15) is 12.8 Å². The van der Waals surface area contributed by atoms with E-state index in [9.17, 15) is 9.59 Å². The largest absolute Gasteiger partial charge is 0.382 e. The second kappa shape index (κ2) is 7.44. The van der Waals surface area contributed by atoms with Crippen molar-refractivity contribution in [2.24, 2.45) is 5.73 Å². The van der Waals surface area contributed by atoms with E-state index in [1.807, 2.05) is 0 Å². The Kier molecular flexibility index (Phi) is 5.86. The minimum atomic E-state index is -0.186. The molecule has 0 aliphatic rings. The predicted molar refractivity (Wildman–Crippen MR) is 69.3 cm³/mol. The van der Waals surface area contributed by atoms with E-state index in [1.165, 1.54) is 10.7 Å². The van der Waals surface area contributed by atoms with Crippen molar-refractivity contribution < 1.29 is 4.79 Å². The molecule has 7 heteroatoms. The standard InChI is InChI=1S/C11H19N5O2/c1-13-10(17)3-2-6-16-11(18)7-9(8-15-16)14-5-4-12/h7-8,14H,2-6,12H2,1H3,(H,13,17). The zero-order valence-corrected chi connectivity index (χ0v) is 10.5. The van der Waals surface area contributed by atoms with Gasteiger partial charge in [-0.3, -0.25) is 9.59 Å². The molecule has 1 aromatic rings. The lowest BCUT2D eigenvalue weighted by atomic mass is 10.3. The summed E-state index contributed by atoms with van der Waals surface area (Å²) < 4.78 is 1.34. The van der Waals surface area contributed by atoms with E-state index in [1.54, 1.807) is 13.2 Å². The zero-order valence-electron chi connectivity index (χ0n) is 10.5. The van der Waals surface area contributed by atoms with Gasteiger partial charge in [-0.1, -0.05) is 0 Å². The van der Waals surface area contributed by atoms with Gasteiger partial charge >= 0.3 is 0 Å². The molecule has 0 aromatic carbocycles. The minimum Gasteiger partial charge on any atom is -0.382 e. The van der Waals surface area contributed by atoms with Crippen LogP contribution >= 0.6 is 0 Å². The monoisotopic (exact) mass is 253 g/mol. The van der Waals surface area contributed by atoms with Crippen molar-refractivity contribution in [1.29, 1.82) is 0 Å². The topological polar surface area (TPSA) is 102 Å². The Labute approximate surface area is 105 Å². The molecule has 1 amide bonds. The third kappa shape index (κ3) is 4.54. The molecule has 1 heterocycles. The fraction of sp³-hybridized carbons (Fsp3) is 0.545. The molecular formula is C11H19N5O2. The lowest BCUT2D eigenvalue weighted by Crippen LogP contribution is -2.25. The molecule has 0 saturated carbocycles. The minimum absolute atomic E-state index is 0.0377. The van der Waals surface area contributed by atoms with Crippen LogP contribution in [0.4, 0.5) is 5.69 Å². The van der Waals surface area contributed by atoms with Crippen molar-refractivity contribution in [2.75, 3.05) is 25.5 Å². The van der Waals surface area contributed by atoms with Gasteiger partial charge in [0, 0.05) is 39.2 Å². The van der Waals surface area contributed by atoms with Crippen molar-refractivity contribution in [3.63, 3.8) is 0 Å². The molecule has 0 fully saturated rings. The van der Waals surface area contributed by atoms with Gasteiger partial charge in [-0.25, -0.2) is 4.68 Å². The van der Waals surface area contributed by atoms with E-state index in [4.69, 9.17) is 5.73 Å². The van der Waals surface area contributed by atoms with E-state index < -0.39 is 0 Å². The first kappa shape index (κ1) is 14.2. The van der Waals surface area contributed by atoms with Crippen molar-refractivity contribution in [1.82, 2.24) is 15.1 Å². The average molecular weight is 253 g/mol. The first-order valence-electron chi connectivity index (χ1n) is 5.89. The van der Waals surface area contributed by atoms with Gasteiger partial charge in [0.15, 0.2) is 0 Å². The van der Waals surface area contributed by atoms with Crippen LogP contribution < -0.4 is 21.9 Å². The summed E-state index contributed by atoms with van der Waals surface area (Å²) in [6.07, 6.45) is 2.55. The Morgan fingerprint density at radius 2 is 2.33 bits per heavy atom. The van der Waals surface area contributed by atoms with Gasteiger partial charge in [0.05, 0.1) is 11.9 Å². The fourth-order valence-electron chi connectivity index (χ4n) is 1.43. The molecule has 18 heavy (non-hydrogen) atoms. The third-order valence-corrected chi connectivity index (χ3v) is 2.40. The number of hydrogen-bond acceptors (Lipinski definition) is 5. The summed E-state index contributed by atoms with van der Waals surface area (Å²) in [5.41, 5.74) is 5.82. The Morgan fingerprint density at radius 1 is 1.56 bits per heavy atom. The summed E-state index contributed by atoms with van der Waals surface area (Å²) in [5, 5.41) is 9.53. The summed E-state index contributed by atoms with van der Waals surface area (Å²) in [4.78, 5) is 22.7. The molecule has 0 saturated heterocycles. The molecule has 0 bridgehead atoms. The summed E-state index contributed by atoms with van der Waals surface area (Å²) in [6.45, 7) is 1.53. The van der Waals surface area contributed by atoms with Crippen molar-refractivity contribution >= 4 is 11.6 Å². The molecule has 0 radical (unpaired) electrons. The predicted octanol–water partition coefficient (Wildman–Crippen LogP) is -0.860. The number of hydrogen-bond donors (Lipinski definition) is 3. The van der Waals surface area contributed by atoms with Crippen molar-refractivity contribution in [2.45, 2.75) is 19.4 Å². The zero-order chi connectivity index (χ0) is 13.4. The molecule has 0 aliphatic carbocycles. The Hall–Kier alpha value is -1.89. The number of nitrogens with zero attached hydrogens (tertiary/aromatic N) is 2. The van der Waals surface area contributed by atoms with E-state index in [0.29, 0.717) is 38.2 Å². The average Bonchev–Trinajstić information content (AvgIpc) is 2.38. The van der Waals surface area contributed by atoms with Crippen LogP contribution in [0.2, 0.25) is 0 Å². The number of carbonyl (C=O) groups is 1. The van der Waals surface area contributed by atoms with Gasteiger partial charge < -0.3 is 16.4 Å². The van der Waals surface area contributed by atoms with Gasteiger partial charge in [0.25, 0.3) is 5.56 Å². The second-order valence-corrected chi connectivity index (χ2v) is 3.80. The number of nitrogens with two attached hydrogens (primary N) is 1. The number of carbonyl (C=O) groups excluding carboxylic acids is 1. The molecule has 0 aliphatic heterocycles. The number of aromatic nitrogens is 2. The highest BCUT2D eigenvalue weighted by Crippen LogP contribution is 1.99. The summed E-state index contributed by atoms with van der Waals surface area (Å²) in [7, 11) is 1.59. The molecule has 0 spiro atoms. The molecule has 100 valence electrons. The van der Waals surface area contributed by atoms with Gasteiger partial charge in [0.1, 0.15) is 0 Å². The Balaban J connectivity index is 2.52. The van der Waals surface area contributed by atoms with E-state index in [2.05, 4.69) is 15.7 Å². The third-order valence-electron chi connectivity index (χ3n) is 2.40. The van der Waals surface area contributed by atoms with E-state index in [-0.39, 0.29) is 11.5 Å². The fourth-order valence-corrected chi connectivity index (χ4v) is 1.43. The van der Waals surface area contributed by atoms with E-state index >= 15 is 0 Å². The van der Waals surface area contributed by atoms with Gasteiger partial charge in [-0.15, -0.1) is 0 Å². The molecule has 1 aromatic heterocycles. The van der Waals surface area contributed by atoms with Crippen LogP contribution in [0.15, 0.2) is 17.1 Å². The maximum atomic E-state index is 11.7. The maximum absolute atomic E-state index is 11.7. The maximum Gasteiger partial charge on any atom is 0.268 e. The normalized spacial score (nSPS) is 10.1. The molecule has 7 nitrogen and oxygen atoms in total. The lowest BCUT2D eigenvalue weighted by molar-refractivity contribution is -0.120. The van der Waals surface area contributed by atoms with E-state index in [0.717, 1.165) is 0 Å². The van der Waals surface area contributed by atoms with Crippen molar-refractivity contribution in [3.05, 3.63) is 22.6 Å². The highest BCUT2D eigenvalue weighted by atomic mass is 16.1. The summed E-state index contributed by atoms with van der Waals surface area (Å²) in [6, 6.07) is 1.47. The van der Waals surface area contributed by atoms with Crippen LogP contribution in [-0.4, -0.2) is 35.8 Å². The van der Waals surface area contributed by atoms with Crippen molar-refractivity contribution in [3.8, 4) is 0 Å². The second-order valence-electron chi connectivity index (χ2n) is 3.80. The first-order chi connectivity index (χ1) is 8.67. The SMILES string of the molecule is CNC(=O)CCCn1ncc(NCCN)cc1=O. The van der Waals surface area contributed by atoms with Crippen LogP contribution in [0.25, 0.3) is 0 Å². The van der Waals surface area contributed by atoms with Crippen LogP contribution in [0, 0.1) is 0 Å². The number of rotatable bonds is 7. The molecule has 0 unspecified atom stereocenters. The Morgan fingerprint density at radius 3 is 2.94 bits per heavy atom. The molecule has 4 N–H and O–H groups in total. The van der Waals surface area contributed by atoms with Gasteiger partial charge in [0.2, 0.25) is 5.91 Å². The highest BCUT2D eigenvalue weighted by molar-refractivity contribution is 5.75. The highest BCUT2D eigenvalue weighted by Gasteiger charge is 2.02. The van der Waals surface area contributed by atoms with Gasteiger partial charge in [-0.2, -0.15) is 5.10 Å². The van der Waals surface area contributed by atoms with Crippen LogP contribution in [0.5, 0.6) is 0 Å². The number of anilines is 1. The first-order valence-corrected chi connectivity index (χ1v) is 5.89. The number of nitrogens with one attached hydrogen (secondary N) is 2. The molecule has 0 atom stereocenters. The number of aryl methyl sites for hydroxylation is 1. The Bertz CT molecular complexity index is 443. The molecule has 1 rings (SSSR count). The molecular weight excluding hydrogens is 234 g/mol. The summed E-state index contributed by atoms with van der Waals surface area (Å²) in [5.74, 6) is -0.0377. The lowest BCUT2D eigenvalue weighted by Gasteiger charge is -2.07. The van der Waals surface area contributed by atoms with Crippen LogP contribution in [0.3, 0.4) is 0 Å². The quantitative estimate of drug-likeness (QED) is 0.587. The smallest absolute Gasteiger partial charge is 0.268 e. The summed E-state index contributed by atoms with van der Waals surface area (Å²) >= 11 is 0. The van der Waals surface area contributed by atoms with Crippen LogP contribution in [-0.2, 0) is 11.3 Å². The number of amides is 1. The van der Waals surface area contributed by atoms with Gasteiger partial charge in [-0.05, 0) is 6.42 Å².